The minimum atomic E-state index is -0.723. The van der Waals surface area contributed by atoms with E-state index in [9.17, 15) is 9.90 Å². The monoisotopic (exact) mass is 357 g/mol. The minimum Gasteiger partial charge on any atom is -0.393 e. The number of rotatable bonds is 6. The number of nitrogens with zero attached hydrogens (tertiary/aromatic N) is 3. The van der Waals surface area contributed by atoms with Crippen LogP contribution < -0.4 is 0 Å². The summed E-state index contributed by atoms with van der Waals surface area (Å²) in [5, 5.41) is 14.3. The van der Waals surface area contributed by atoms with E-state index in [2.05, 4.69) is 5.10 Å². The van der Waals surface area contributed by atoms with Crippen LogP contribution in [0.25, 0.3) is 0 Å². The molecule has 1 amide bonds. The van der Waals surface area contributed by atoms with Gasteiger partial charge in [-0.05, 0) is 24.5 Å². The van der Waals surface area contributed by atoms with Gasteiger partial charge < -0.3 is 14.7 Å². The van der Waals surface area contributed by atoms with E-state index in [0.29, 0.717) is 39.0 Å². The number of carbonyl (C=O) groups is 1. The summed E-state index contributed by atoms with van der Waals surface area (Å²) in [5.74, 6) is 0.0995. The van der Waals surface area contributed by atoms with Gasteiger partial charge in [-0.15, -0.1) is 0 Å². The molecule has 0 saturated carbocycles. The van der Waals surface area contributed by atoms with Crippen LogP contribution in [0.5, 0.6) is 0 Å². The van der Waals surface area contributed by atoms with Crippen LogP contribution in [0.1, 0.15) is 23.2 Å². The lowest BCUT2D eigenvalue weighted by molar-refractivity contribution is -0.157. The Kier molecular flexibility index (Phi) is 5.74. The number of amides is 1. The van der Waals surface area contributed by atoms with E-state index in [1.54, 1.807) is 4.68 Å². The molecular formula is C20H27N3O3. The van der Waals surface area contributed by atoms with Crippen molar-refractivity contribution in [2.45, 2.75) is 31.8 Å². The Morgan fingerprint density at radius 3 is 2.77 bits per heavy atom. The zero-order valence-corrected chi connectivity index (χ0v) is 15.5. The second-order valence-corrected chi connectivity index (χ2v) is 7.08. The standard InChI is InChI=1S/C20H27N3O3/c1-16-18(13-22(2)21-16)8-9-19(25)23-10-11-26-20(14-23,15-24)12-17-6-4-3-5-7-17/h3-7,13,24H,8-12,14-15H2,1-2H3/t20-/m1/s1. The second-order valence-electron chi connectivity index (χ2n) is 7.08. The van der Waals surface area contributed by atoms with Gasteiger partial charge in [-0.25, -0.2) is 0 Å². The molecule has 0 aliphatic carbocycles. The fraction of sp³-hybridized carbons (Fsp3) is 0.500. The van der Waals surface area contributed by atoms with Gasteiger partial charge in [0, 0.05) is 32.6 Å². The molecule has 6 nitrogen and oxygen atoms in total. The molecule has 140 valence electrons. The largest absolute Gasteiger partial charge is 0.393 e. The number of benzene rings is 1. The number of hydrogen-bond donors (Lipinski definition) is 1. The van der Waals surface area contributed by atoms with Crippen molar-refractivity contribution in [2.24, 2.45) is 7.05 Å². The zero-order valence-electron chi connectivity index (χ0n) is 15.5. The first kappa shape index (κ1) is 18.6. The number of ether oxygens (including phenoxy) is 1. The van der Waals surface area contributed by atoms with Crippen molar-refractivity contribution in [3.05, 3.63) is 53.3 Å². The van der Waals surface area contributed by atoms with E-state index in [1.807, 2.05) is 55.4 Å². The van der Waals surface area contributed by atoms with E-state index < -0.39 is 5.60 Å². The molecule has 2 heterocycles. The summed E-state index contributed by atoms with van der Waals surface area (Å²) in [7, 11) is 1.89. The van der Waals surface area contributed by atoms with Gasteiger partial charge in [-0.1, -0.05) is 30.3 Å². The number of aryl methyl sites for hydroxylation is 3. The molecule has 1 fully saturated rings. The molecule has 1 saturated heterocycles. The second kappa shape index (κ2) is 8.01. The summed E-state index contributed by atoms with van der Waals surface area (Å²) >= 11 is 0. The fourth-order valence-corrected chi connectivity index (χ4v) is 3.58. The predicted octanol–water partition coefficient (Wildman–Crippen LogP) is 1.49. The van der Waals surface area contributed by atoms with Gasteiger partial charge in [0.05, 0.1) is 25.5 Å². The third kappa shape index (κ3) is 4.31. The number of aliphatic hydroxyl groups is 1. The summed E-state index contributed by atoms with van der Waals surface area (Å²) in [6, 6.07) is 9.96. The summed E-state index contributed by atoms with van der Waals surface area (Å²) in [6.45, 7) is 3.30. The average molecular weight is 357 g/mol. The summed E-state index contributed by atoms with van der Waals surface area (Å²) < 4.78 is 7.71. The Morgan fingerprint density at radius 2 is 2.12 bits per heavy atom. The number of aliphatic hydroxyl groups excluding tert-OH is 1. The van der Waals surface area contributed by atoms with E-state index in [0.717, 1.165) is 16.8 Å². The Labute approximate surface area is 154 Å². The molecule has 0 unspecified atom stereocenters. The van der Waals surface area contributed by atoms with Gasteiger partial charge in [0.1, 0.15) is 5.60 Å². The third-order valence-electron chi connectivity index (χ3n) is 4.98. The summed E-state index contributed by atoms with van der Waals surface area (Å²) in [6.07, 6.45) is 3.69. The van der Waals surface area contributed by atoms with E-state index in [-0.39, 0.29) is 12.5 Å². The third-order valence-corrected chi connectivity index (χ3v) is 4.98. The SMILES string of the molecule is Cc1nn(C)cc1CCC(=O)N1CCO[C@](CO)(Cc2ccccc2)C1. The van der Waals surface area contributed by atoms with Gasteiger partial charge in [0.15, 0.2) is 0 Å². The van der Waals surface area contributed by atoms with Crippen molar-refractivity contribution in [1.29, 1.82) is 0 Å². The van der Waals surface area contributed by atoms with Crippen molar-refractivity contribution in [3.8, 4) is 0 Å². The lowest BCUT2D eigenvalue weighted by atomic mass is 9.93. The van der Waals surface area contributed by atoms with Crippen LogP contribution in [-0.2, 0) is 29.4 Å². The lowest BCUT2D eigenvalue weighted by Crippen LogP contribution is -2.56. The predicted molar refractivity (Wildman–Crippen MR) is 98.8 cm³/mol. The highest BCUT2D eigenvalue weighted by Gasteiger charge is 2.38. The topological polar surface area (TPSA) is 67.6 Å². The van der Waals surface area contributed by atoms with Crippen LogP contribution in [-0.4, -0.2) is 57.6 Å². The molecule has 26 heavy (non-hydrogen) atoms. The maximum Gasteiger partial charge on any atom is 0.223 e. The number of carbonyl (C=O) groups excluding carboxylic acids is 1. The van der Waals surface area contributed by atoms with Gasteiger partial charge in [-0.3, -0.25) is 9.48 Å². The van der Waals surface area contributed by atoms with Crippen LogP contribution in [0.2, 0.25) is 0 Å². The lowest BCUT2D eigenvalue weighted by Gasteiger charge is -2.42. The van der Waals surface area contributed by atoms with Crippen LogP contribution in [0.4, 0.5) is 0 Å². The Bertz CT molecular complexity index is 744. The summed E-state index contributed by atoms with van der Waals surface area (Å²) in [4.78, 5) is 14.5. The maximum atomic E-state index is 12.7. The van der Waals surface area contributed by atoms with Gasteiger partial charge in [0.2, 0.25) is 5.91 Å². The first-order valence-corrected chi connectivity index (χ1v) is 9.07. The van der Waals surface area contributed by atoms with Crippen LogP contribution >= 0.6 is 0 Å². The van der Waals surface area contributed by atoms with Crippen molar-refractivity contribution in [1.82, 2.24) is 14.7 Å². The number of aromatic nitrogens is 2. The molecular weight excluding hydrogens is 330 g/mol. The quantitative estimate of drug-likeness (QED) is 0.851. The van der Waals surface area contributed by atoms with Crippen molar-refractivity contribution >= 4 is 5.91 Å². The molecule has 1 aromatic carbocycles. The first-order valence-electron chi connectivity index (χ1n) is 9.07. The van der Waals surface area contributed by atoms with E-state index >= 15 is 0 Å². The number of morpholine rings is 1. The van der Waals surface area contributed by atoms with E-state index in [4.69, 9.17) is 4.74 Å². The minimum absolute atomic E-state index is 0.0995. The normalized spacial score (nSPS) is 20.3. The van der Waals surface area contributed by atoms with E-state index in [1.165, 1.54) is 0 Å². The molecule has 1 aliphatic heterocycles. The van der Waals surface area contributed by atoms with Gasteiger partial charge in [0.25, 0.3) is 0 Å². The molecule has 1 aliphatic rings. The van der Waals surface area contributed by atoms with Crippen LogP contribution in [0.15, 0.2) is 36.5 Å². The molecule has 6 heteroatoms. The van der Waals surface area contributed by atoms with Gasteiger partial charge in [-0.2, -0.15) is 5.10 Å². The van der Waals surface area contributed by atoms with Crippen LogP contribution in [0, 0.1) is 6.92 Å². The zero-order chi connectivity index (χ0) is 18.6. The van der Waals surface area contributed by atoms with Crippen LogP contribution in [0.3, 0.4) is 0 Å². The number of hydrogen-bond acceptors (Lipinski definition) is 4. The molecule has 0 bridgehead atoms. The van der Waals surface area contributed by atoms with Crippen molar-refractivity contribution in [3.63, 3.8) is 0 Å². The summed E-state index contributed by atoms with van der Waals surface area (Å²) in [5.41, 5.74) is 2.45. The Balaban J connectivity index is 1.62. The molecule has 1 N–H and O–H groups in total. The first-order chi connectivity index (χ1) is 12.5. The molecule has 2 aromatic rings. The highest BCUT2D eigenvalue weighted by molar-refractivity contribution is 5.76. The molecule has 3 rings (SSSR count). The smallest absolute Gasteiger partial charge is 0.223 e. The van der Waals surface area contributed by atoms with Crippen molar-refractivity contribution in [2.75, 3.05) is 26.3 Å². The molecule has 1 aromatic heterocycles. The highest BCUT2D eigenvalue weighted by atomic mass is 16.5. The average Bonchev–Trinajstić information content (AvgIpc) is 2.98. The van der Waals surface area contributed by atoms with Gasteiger partial charge >= 0.3 is 0 Å². The highest BCUT2D eigenvalue weighted by Crippen LogP contribution is 2.24. The Hall–Kier alpha value is -2.18. The Morgan fingerprint density at radius 1 is 1.35 bits per heavy atom. The molecule has 0 spiro atoms. The molecule has 0 radical (unpaired) electrons. The van der Waals surface area contributed by atoms with Crippen molar-refractivity contribution < 1.29 is 14.6 Å². The maximum absolute atomic E-state index is 12.7. The fourth-order valence-electron chi connectivity index (χ4n) is 3.58. The molecule has 1 atom stereocenters.